The number of nitrogens with one attached hydrogen (secondary N) is 1. The highest BCUT2D eigenvalue weighted by molar-refractivity contribution is 6.04. The minimum absolute atomic E-state index is 0.0528. The van der Waals surface area contributed by atoms with Crippen molar-refractivity contribution in [2.45, 2.75) is 45.3 Å². The van der Waals surface area contributed by atoms with Crippen LogP contribution in [0.2, 0.25) is 0 Å². The van der Waals surface area contributed by atoms with Crippen molar-refractivity contribution in [1.29, 1.82) is 0 Å². The minimum atomic E-state index is -0.502. The Hall–Kier alpha value is -3.77. The van der Waals surface area contributed by atoms with Crippen LogP contribution in [-0.2, 0) is 6.54 Å². The van der Waals surface area contributed by atoms with Crippen molar-refractivity contribution in [2.24, 2.45) is 5.41 Å². The number of anilines is 2. The number of ether oxygens (including phenoxy) is 2. The van der Waals surface area contributed by atoms with Gasteiger partial charge in [-0.3, -0.25) is 24.4 Å². The smallest absolute Gasteiger partial charge is 0.265 e. The van der Waals surface area contributed by atoms with E-state index in [1.165, 1.54) is 30.4 Å². The first-order valence-electron chi connectivity index (χ1n) is 12.8. The van der Waals surface area contributed by atoms with Crippen molar-refractivity contribution in [3.63, 3.8) is 0 Å². The monoisotopic (exact) mass is 523 g/mol. The molecule has 1 aliphatic heterocycles. The van der Waals surface area contributed by atoms with Crippen LogP contribution in [0.25, 0.3) is 10.9 Å². The molecule has 12 heteroatoms. The van der Waals surface area contributed by atoms with Gasteiger partial charge in [0, 0.05) is 31.5 Å². The predicted molar refractivity (Wildman–Crippen MR) is 141 cm³/mol. The Morgan fingerprint density at radius 1 is 1.26 bits per heavy atom. The predicted octanol–water partition coefficient (Wildman–Crippen LogP) is 1.67. The summed E-state index contributed by atoms with van der Waals surface area (Å²) >= 11 is 0. The average Bonchev–Trinajstić information content (AvgIpc) is 2.89. The highest BCUT2D eigenvalue weighted by Crippen LogP contribution is 2.49. The molecule has 1 spiro atoms. The van der Waals surface area contributed by atoms with E-state index in [9.17, 15) is 14.7 Å². The second-order valence-corrected chi connectivity index (χ2v) is 10.0. The molecule has 2 aromatic heterocycles. The molecule has 0 bridgehead atoms. The number of rotatable bonds is 8. The largest absolute Gasteiger partial charge is 0.491 e. The van der Waals surface area contributed by atoms with E-state index in [1.54, 1.807) is 13.0 Å². The maximum atomic E-state index is 13.4. The lowest BCUT2D eigenvalue weighted by atomic mass is 9.61. The van der Waals surface area contributed by atoms with Crippen LogP contribution < -0.4 is 26.1 Å². The number of nitrogen functional groups attached to an aromatic ring is 1. The fourth-order valence-electron chi connectivity index (χ4n) is 5.54. The van der Waals surface area contributed by atoms with Crippen molar-refractivity contribution < 1.29 is 19.4 Å². The summed E-state index contributed by atoms with van der Waals surface area (Å²) in [5.41, 5.74) is 6.88. The van der Waals surface area contributed by atoms with Crippen molar-refractivity contribution in [2.75, 3.05) is 44.4 Å². The number of methoxy groups -OCH3 is 1. The molecule has 4 N–H and O–H groups in total. The Bertz CT molecular complexity index is 1380. The number of nitrogens with two attached hydrogens (primary N) is 1. The van der Waals surface area contributed by atoms with Crippen LogP contribution in [0.5, 0.6) is 11.5 Å². The first-order valence-corrected chi connectivity index (χ1v) is 12.8. The molecular weight excluding hydrogens is 490 g/mol. The highest BCUT2D eigenvalue weighted by atomic mass is 16.5. The van der Waals surface area contributed by atoms with E-state index in [1.807, 2.05) is 0 Å². The zero-order chi connectivity index (χ0) is 26.9. The summed E-state index contributed by atoms with van der Waals surface area (Å²) in [5, 5.41) is 12.6. The Morgan fingerprint density at radius 3 is 2.61 bits per heavy atom. The highest BCUT2D eigenvalue weighted by Gasteiger charge is 2.44. The molecule has 0 radical (unpaired) electrons. The maximum absolute atomic E-state index is 13.4. The molecule has 0 unspecified atom stereocenters. The van der Waals surface area contributed by atoms with Crippen molar-refractivity contribution >= 4 is 28.4 Å². The molecule has 2 aliphatic rings. The summed E-state index contributed by atoms with van der Waals surface area (Å²) in [7, 11) is 1.47. The van der Waals surface area contributed by atoms with Crippen LogP contribution in [-0.4, -0.2) is 74.9 Å². The minimum Gasteiger partial charge on any atom is -0.491 e. The molecule has 1 aliphatic carbocycles. The van der Waals surface area contributed by atoms with Gasteiger partial charge in [0.1, 0.15) is 18.5 Å². The molecule has 2 fully saturated rings. The summed E-state index contributed by atoms with van der Waals surface area (Å²) in [5.74, 6) is 0.201. The SMILES string of the molecule is CCn1c(NC(=O)c2cncnc2)nc2c(OC)c(OCCN3CCC4(CC3)CC(O)C4)cc(N)c2c1=O. The molecule has 5 rings (SSSR count). The number of fused-ring (bicyclic) bond motifs is 1. The molecule has 1 saturated heterocycles. The number of nitrogens with zero attached hydrogens (tertiary/aromatic N) is 5. The standard InChI is InChI=1S/C26H33N7O5/c1-3-33-24(36)20-18(27)10-19(38-9-8-32-6-4-26(5-7-32)11-17(34)12-26)22(37-2)21(20)30-25(33)31-23(35)16-13-28-15-29-14-16/h10,13-15,17,34H,3-9,11-12,27H2,1-2H3,(H,30,31,35). The van der Waals surface area contributed by atoms with Gasteiger partial charge in [0.25, 0.3) is 11.5 Å². The molecule has 1 saturated carbocycles. The van der Waals surface area contributed by atoms with Crippen LogP contribution in [0, 0.1) is 5.41 Å². The van der Waals surface area contributed by atoms with Gasteiger partial charge in [0.2, 0.25) is 5.95 Å². The molecule has 38 heavy (non-hydrogen) atoms. The number of carbonyl (C=O) groups excluding carboxylic acids is 1. The number of likely N-dealkylation sites (tertiary alicyclic amines) is 1. The Morgan fingerprint density at radius 2 is 1.97 bits per heavy atom. The number of amides is 1. The van der Waals surface area contributed by atoms with Gasteiger partial charge in [-0.15, -0.1) is 0 Å². The summed E-state index contributed by atoms with van der Waals surface area (Å²) in [4.78, 5) is 40.8. The summed E-state index contributed by atoms with van der Waals surface area (Å²) in [6.07, 6.45) is 7.95. The number of carbonyl (C=O) groups is 1. The van der Waals surface area contributed by atoms with E-state index in [0.29, 0.717) is 17.8 Å². The van der Waals surface area contributed by atoms with Crippen molar-refractivity contribution in [3.05, 3.63) is 40.7 Å². The van der Waals surface area contributed by atoms with Crippen LogP contribution >= 0.6 is 0 Å². The second kappa shape index (κ2) is 10.5. The van der Waals surface area contributed by atoms with Gasteiger partial charge in [-0.05, 0) is 51.1 Å². The van der Waals surface area contributed by atoms with Crippen LogP contribution in [0.15, 0.2) is 29.6 Å². The number of hydrogen-bond acceptors (Lipinski definition) is 10. The number of aliphatic hydroxyl groups excluding tert-OH is 1. The van der Waals surface area contributed by atoms with Crippen LogP contribution in [0.3, 0.4) is 0 Å². The van der Waals surface area contributed by atoms with Gasteiger partial charge in [-0.1, -0.05) is 0 Å². The van der Waals surface area contributed by atoms with E-state index in [0.717, 1.165) is 45.3 Å². The van der Waals surface area contributed by atoms with Gasteiger partial charge in [-0.25, -0.2) is 15.0 Å². The molecule has 1 amide bonds. The van der Waals surface area contributed by atoms with Crippen LogP contribution in [0.1, 0.15) is 43.0 Å². The lowest BCUT2D eigenvalue weighted by molar-refractivity contribution is -0.0687. The topological polar surface area (TPSA) is 158 Å². The fourth-order valence-corrected chi connectivity index (χ4v) is 5.54. The maximum Gasteiger partial charge on any atom is 0.265 e. The second-order valence-electron chi connectivity index (χ2n) is 10.0. The molecule has 3 aromatic rings. The number of hydrogen-bond donors (Lipinski definition) is 3. The quantitative estimate of drug-likeness (QED) is 0.371. The molecule has 202 valence electrons. The Balaban J connectivity index is 1.37. The zero-order valence-electron chi connectivity index (χ0n) is 21.6. The van der Waals surface area contributed by atoms with Gasteiger partial charge >= 0.3 is 0 Å². The first kappa shape index (κ1) is 25.9. The third kappa shape index (κ3) is 4.88. The summed E-state index contributed by atoms with van der Waals surface area (Å²) < 4.78 is 13.0. The van der Waals surface area contributed by atoms with Crippen molar-refractivity contribution in [3.8, 4) is 11.5 Å². The van der Waals surface area contributed by atoms with Crippen LogP contribution in [0.4, 0.5) is 11.6 Å². The molecule has 1 aromatic carbocycles. The third-order valence-corrected chi connectivity index (χ3v) is 7.67. The third-order valence-electron chi connectivity index (χ3n) is 7.67. The molecular formula is C26H33N7O5. The fraction of sp³-hybridized carbons (Fsp3) is 0.500. The lowest BCUT2D eigenvalue weighted by Crippen LogP contribution is -2.49. The molecule has 0 atom stereocenters. The summed E-state index contributed by atoms with van der Waals surface area (Å²) in [6.45, 7) is 5.11. The number of aromatic nitrogens is 4. The molecule has 3 heterocycles. The lowest BCUT2D eigenvalue weighted by Gasteiger charge is -2.50. The Labute approximate surface area is 219 Å². The van der Waals surface area contributed by atoms with E-state index < -0.39 is 11.5 Å². The van der Waals surface area contributed by atoms with Gasteiger partial charge in [-0.2, -0.15) is 0 Å². The van der Waals surface area contributed by atoms with E-state index in [4.69, 9.17) is 15.2 Å². The average molecular weight is 524 g/mol. The normalized spacial score (nSPS) is 17.3. The van der Waals surface area contributed by atoms with Gasteiger partial charge in [0.15, 0.2) is 11.5 Å². The van der Waals surface area contributed by atoms with E-state index in [-0.39, 0.29) is 46.5 Å². The number of piperidine rings is 1. The van der Waals surface area contributed by atoms with Gasteiger partial charge in [0.05, 0.1) is 29.9 Å². The van der Waals surface area contributed by atoms with E-state index >= 15 is 0 Å². The Kier molecular flexibility index (Phi) is 7.17. The number of benzene rings is 1. The summed E-state index contributed by atoms with van der Waals surface area (Å²) in [6, 6.07) is 1.59. The van der Waals surface area contributed by atoms with E-state index in [2.05, 4.69) is 25.2 Å². The van der Waals surface area contributed by atoms with Crippen molar-refractivity contribution in [1.82, 2.24) is 24.4 Å². The number of aliphatic hydroxyl groups is 1. The molecule has 12 nitrogen and oxygen atoms in total. The zero-order valence-corrected chi connectivity index (χ0v) is 21.6. The first-order chi connectivity index (χ1) is 18.3. The van der Waals surface area contributed by atoms with Gasteiger partial charge < -0.3 is 20.3 Å².